The number of likely N-dealkylation sites (N-methyl/N-ethyl adjacent to an activating group) is 1. The Morgan fingerprint density at radius 3 is 2.18 bits per heavy atom. The van der Waals surface area contributed by atoms with E-state index in [-0.39, 0.29) is 23.9 Å². The zero-order valence-corrected chi connectivity index (χ0v) is 18.1. The van der Waals surface area contributed by atoms with Gasteiger partial charge in [-0.25, -0.2) is 0 Å². The summed E-state index contributed by atoms with van der Waals surface area (Å²) in [6, 6.07) is 8.08. The molecule has 1 heterocycles. The maximum Gasteiger partial charge on any atom is 0.279 e. The van der Waals surface area contributed by atoms with E-state index in [0.29, 0.717) is 6.54 Å². The van der Waals surface area contributed by atoms with E-state index in [0.717, 1.165) is 36.1 Å². The first-order chi connectivity index (χ1) is 13.2. The first-order valence-electron chi connectivity index (χ1n) is 10.5. The smallest absolute Gasteiger partial charge is 0.279 e. The minimum absolute atomic E-state index is 0.0302. The summed E-state index contributed by atoms with van der Waals surface area (Å²) in [6.45, 7) is 13.7. The molecule has 1 aliphatic rings. The highest BCUT2D eigenvalue weighted by atomic mass is 16.2. The number of carbonyl (C=O) groups is 2. The Morgan fingerprint density at radius 1 is 1.07 bits per heavy atom. The molecule has 6 heteroatoms. The first kappa shape index (κ1) is 22.2. The summed E-state index contributed by atoms with van der Waals surface area (Å²) in [5.41, 5.74) is 1.75. The molecule has 1 saturated heterocycles. The number of rotatable bonds is 7. The van der Waals surface area contributed by atoms with Crippen molar-refractivity contribution in [1.29, 1.82) is 0 Å². The van der Waals surface area contributed by atoms with E-state index in [1.165, 1.54) is 18.5 Å². The van der Waals surface area contributed by atoms with Crippen LogP contribution in [0.15, 0.2) is 24.3 Å². The summed E-state index contributed by atoms with van der Waals surface area (Å²) < 4.78 is 0. The Morgan fingerprint density at radius 2 is 1.64 bits per heavy atom. The average Bonchev–Trinajstić information content (AvgIpc) is 2.61. The summed E-state index contributed by atoms with van der Waals surface area (Å²) in [4.78, 5) is 27.9. The van der Waals surface area contributed by atoms with Gasteiger partial charge in [0.2, 0.25) is 0 Å². The van der Waals surface area contributed by atoms with Gasteiger partial charge in [0.25, 0.3) is 11.8 Å². The zero-order valence-electron chi connectivity index (χ0n) is 18.1. The second kappa shape index (κ2) is 9.92. The molecule has 1 unspecified atom stereocenters. The molecule has 1 fully saturated rings. The fourth-order valence-electron chi connectivity index (χ4n) is 3.46. The first-order valence-corrected chi connectivity index (χ1v) is 10.5. The van der Waals surface area contributed by atoms with E-state index in [9.17, 15) is 9.59 Å². The van der Waals surface area contributed by atoms with Crippen LogP contribution in [0.3, 0.4) is 0 Å². The number of piperidine rings is 1. The molecule has 0 bridgehead atoms. The molecule has 0 aromatic heterocycles. The second-order valence-electron chi connectivity index (χ2n) is 9.02. The van der Waals surface area contributed by atoms with Gasteiger partial charge in [0.15, 0.2) is 13.1 Å². The Bertz CT molecular complexity index is 643. The van der Waals surface area contributed by atoms with Crippen LogP contribution in [0.4, 0.5) is 11.4 Å². The van der Waals surface area contributed by atoms with Gasteiger partial charge in [-0.2, -0.15) is 0 Å². The van der Waals surface area contributed by atoms with E-state index >= 15 is 0 Å². The lowest BCUT2D eigenvalue weighted by molar-refractivity contribution is -0.881. The molecular weight excluding hydrogens is 352 g/mol. The van der Waals surface area contributed by atoms with Crippen LogP contribution in [0.2, 0.25) is 0 Å². The normalized spacial score (nSPS) is 16.5. The molecule has 0 aliphatic carbocycles. The monoisotopic (exact) mass is 389 g/mol. The molecule has 2 amide bonds. The lowest BCUT2D eigenvalue weighted by atomic mass is 9.99. The third kappa shape index (κ3) is 7.50. The van der Waals surface area contributed by atoms with Crippen molar-refractivity contribution in [3.63, 3.8) is 0 Å². The third-order valence-electron chi connectivity index (χ3n) is 5.14. The molecule has 28 heavy (non-hydrogen) atoms. The molecule has 1 aromatic rings. The molecule has 6 nitrogen and oxygen atoms in total. The number of nitrogens with zero attached hydrogens (tertiary/aromatic N) is 1. The van der Waals surface area contributed by atoms with Crippen molar-refractivity contribution in [3.05, 3.63) is 24.3 Å². The molecule has 3 N–H and O–H groups in total. The van der Waals surface area contributed by atoms with Crippen molar-refractivity contribution in [2.24, 2.45) is 5.92 Å². The van der Waals surface area contributed by atoms with Crippen LogP contribution < -0.4 is 20.4 Å². The van der Waals surface area contributed by atoms with Gasteiger partial charge in [-0.15, -0.1) is 0 Å². The maximum absolute atomic E-state index is 12.4. The fraction of sp³-hybridized carbons (Fsp3) is 0.636. The molecule has 1 aromatic carbocycles. The van der Waals surface area contributed by atoms with Crippen LogP contribution in [0.1, 0.15) is 47.5 Å². The topological polar surface area (TPSA) is 65.9 Å². The van der Waals surface area contributed by atoms with Gasteiger partial charge in [-0.05, 0) is 70.7 Å². The van der Waals surface area contributed by atoms with E-state index in [1.54, 1.807) is 0 Å². The van der Waals surface area contributed by atoms with E-state index in [2.05, 4.69) is 34.6 Å². The third-order valence-corrected chi connectivity index (χ3v) is 5.14. The summed E-state index contributed by atoms with van der Waals surface area (Å²) in [6.07, 6.45) is 2.47. The molecule has 2 rings (SSSR count). The molecule has 156 valence electrons. The largest absolute Gasteiger partial charge is 0.372 e. The Hall–Kier alpha value is -2.08. The van der Waals surface area contributed by atoms with Crippen LogP contribution in [0.5, 0.6) is 0 Å². The number of hydrogen-bond donors (Lipinski definition) is 3. The van der Waals surface area contributed by atoms with Crippen LogP contribution in [0, 0.1) is 5.92 Å². The number of hydrogen-bond acceptors (Lipinski definition) is 3. The molecule has 0 spiro atoms. The van der Waals surface area contributed by atoms with Gasteiger partial charge in [0.05, 0.1) is 6.54 Å². The lowest BCUT2D eigenvalue weighted by Crippen LogP contribution is -3.14. The van der Waals surface area contributed by atoms with E-state index < -0.39 is 0 Å². The van der Waals surface area contributed by atoms with Crippen LogP contribution in [-0.2, 0) is 9.59 Å². The summed E-state index contributed by atoms with van der Waals surface area (Å²) in [7, 11) is 0. The zero-order chi connectivity index (χ0) is 20.7. The predicted octanol–water partition coefficient (Wildman–Crippen LogP) is 1.68. The van der Waals surface area contributed by atoms with E-state index in [4.69, 9.17) is 0 Å². The van der Waals surface area contributed by atoms with Gasteiger partial charge in [-0.1, -0.05) is 6.92 Å². The molecule has 1 atom stereocenters. The average molecular weight is 390 g/mol. The highest BCUT2D eigenvalue weighted by molar-refractivity contribution is 5.91. The van der Waals surface area contributed by atoms with Crippen molar-refractivity contribution in [3.8, 4) is 0 Å². The van der Waals surface area contributed by atoms with Crippen molar-refractivity contribution in [2.75, 3.05) is 42.9 Å². The molecular formula is C22H37N4O2+. The van der Waals surface area contributed by atoms with Crippen molar-refractivity contribution in [1.82, 2.24) is 5.32 Å². The number of benzene rings is 1. The van der Waals surface area contributed by atoms with Gasteiger partial charge >= 0.3 is 0 Å². The standard InChI is InChI=1S/C22H36N4O2/c1-6-25(16-21(28)24-22(3,4)5)15-20(27)23-18-7-9-19(10-8-18)26-13-11-17(2)12-14-26/h7-10,17H,6,11-16H2,1-5H3,(H,23,27)(H,24,28)/p+1. The van der Waals surface area contributed by atoms with Crippen molar-refractivity contribution < 1.29 is 14.5 Å². The Balaban J connectivity index is 1.83. The Labute approximate surface area is 169 Å². The van der Waals surface area contributed by atoms with E-state index in [1.807, 2.05) is 39.8 Å². The van der Waals surface area contributed by atoms with Crippen LogP contribution in [-0.4, -0.2) is 50.1 Å². The van der Waals surface area contributed by atoms with Crippen LogP contribution in [0.25, 0.3) is 0 Å². The van der Waals surface area contributed by atoms with Crippen LogP contribution >= 0.6 is 0 Å². The van der Waals surface area contributed by atoms with Gasteiger partial charge < -0.3 is 20.4 Å². The summed E-state index contributed by atoms with van der Waals surface area (Å²) >= 11 is 0. The Kier molecular flexibility index (Phi) is 7.87. The minimum Gasteiger partial charge on any atom is -0.372 e. The quantitative estimate of drug-likeness (QED) is 0.665. The van der Waals surface area contributed by atoms with Crippen molar-refractivity contribution in [2.45, 2.75) is 53.0 Å². The SMILES string of the molecule is CC[NH+](CC(=O)Nc1ccc(N2CCC(C)CC2)cc1)CC(=O)NC(C)(C)C. The summed E-state index contributed by atoms with van der Waals surface area (Å²) in [5.74, 6) is 0.710. The molecule has 1 aliphatic heterocycles. The maximum atomic E-state index is 12.4. The molecule has 0 saturated carbocycles. The fourth-order valence-corrected chi connectivity index (χ4v) is 3.46. The number of anilines is 2. The summed E-state index contributed by atoms with van der Waals surface area (Å²) in [5, 5.41) is 5.91. The number of amides is 2. The van der Waals surface area contributed by atoms with Gasteiger partial charge in [-0.3, -0.25) is 9.59 Å². The van der Waals surface area contributed by atoms with Gasteiger partial charge in [0.1, 0.15) is 0 Å². The highest BCUT2D eigenvalue weighted by Crippen LogP contribution is 2.24. The van der Waals surface area contributed by atoms with Crippen molar-refractivity contribution >= 4 is 23.2 Å². The predicted molar refractivity (Wildman–Crippen MR) is 115 cm³/mol. The number of carbonyl (C=O) groups excluding carboxylic acids is 2. The number of quaternary nitrogens is 1. The molecule has 0 radical (unpaired) electrons. The number of nitrogens with one attached hydrogen (secondary N) is 3. The second-order valence-corrected chi connectivity index (χ2v) is 9.02. The lowest BCUT2D eigenvalue weighted by Gasteiger charge is -2.32. The minimum atomic E-state index is -0.258. The highest BCUT2D eigenvalue weighted by Gasteiger charge is 2.20. The van der Waals surface area contributed by atoms with Gasteiger partial charge in [0, 0.05) is 30.0 Å².